The van der Waals surface area contributed by atoms with Crippen molar-refractivity contribution in [2.75, 3.05) is 11.9 Å². The highest BCUT2D eigenvalue weighted by atomic mass is 16.2. The van der Waals surface area contributed by atoms with E-state index in [1.54, 1.807) is 17.1 Å². The third-order valence-corrected chi connectivity index (χ3v) is 4.30. The van der Waals surface area contributed by atoms with Gasteiger partial charge in [-0.2, -0.15) is 5.10 Å². The molecular formula is C15H23N5O2. The van der Waals surface area contributed by atoms with Crippen molar-refractivity contribution in [3.05, 3.63) is 12.4 Å². The summed E-state index contributed by atoms with van der Waals surface area (Å²) < 4.78 is 1.56. The molecule has 1 aliphatic carbocycles. The highest BCUT2D eigenvalue weighted by Crippen LogP contribution is 2.17. The van der Waals surface area contributed by atoms with E-state index in [-0.39, 0.29) is 24.4 Å². The third kappa shape index (κ3) is 3.85. The molecule has 2 aliphatic rings. The Morgan fingerprint density at radius 1 is 1.27 bits per heavy atom. The molecule has 2 fully saturated rings. The number of amides is 2. The molecule has 1 aromatic heterocycles. The average Bonchev–Trinajstić information content (AvgIpc) is 3.20. The Morgan fingerprint density at radius 3 is 2.82 bits per heavy atom. The van der Waals surface area contributed by atoms with Gasteiger partial charge in [-0.15, -0.1) is 0 Å². The van der Waals surface area contributed by atoms with Gasteiger partial charge >= 0.3 is 0 Å². The maximum Gasteiger partial charge on any atom is 0.241 e. The minimum absolute atomic E-state index is 0.0228. The molecule has 1 atom stereocenters. The van der Waals surface area contributed by atoms with E-state index in [1.165, 1.54) is 12.8 Å². The Balaban J connectivity index is 1.47. The first kappa shape index (κ1) is 15.0. The van der Waals surface area contributed by atoms with E-state index in [1.807, 2.05) is 0 Å². The predicted octanol–water partition coefficient (Wildman–Crippen LogP) is 0.632. The van der Waals surface area contributed by atoms with Crippen molar-refractivity contribution in [3.8, 4) is 0 Å². The lowest BCUT2D eigenvalue weighted by molar-refractivity contribution is -0.122. The van der Waals surface area contributed by atoms with Gasteiger partial charge in [0.2, 0.25) is 11.8 Å². The first-order valence-corrected chi connectivity index (χ1v) is 8.07. The van der Waals surface area contributed by atoms with E-state index >= 15 is 0 Å². The van der Waals surface area contributed by atoms with Crippen molar-refractivity contribution >= 4 is 17.5 Å². The molecule has 120 valence electrons. The van der Waals surface area contributed by atoms with Crippen LogP contribution in [0.1, 0.15) is 38.5 Å². The maximum absolute atomic E-state index is 12.0. The number of nitrogens with one attached hydrogen (secondary N) is 3. The van der Waals surface area contributed by atoms with Gasteiger partial charge < -0.3 is 16.0 Å². The Bertz CT molecular complexity index is 530. The minimum atomic E-state index is -0.117. The van der Waals surface area contributed by atoms with Crippen LogP contribution >= 0.6 is 0 Å². The van der Waals surface area contributed by atoms with E-state index in [0.29, 0.717) is 11.7 Å². The smallest absolute Gasteiger partial charge is 0.241 e. The van der Waals surface area contributed by atoms with Gasteiger partial charge in [-0.1, -0.05) is 12.8 Å². The second-order valence-corrected chi connectivity index (χ2v) is 6.11. The molecule has 7 nitrogen and oxygen atoms in total. The SMILES string of the molecule is O=C(Cn1cc(NC(=O)C2CCCN2)cn1)NC1CCCC1. The average molecular weight is 305 g/mol. The number of anilines is 1. The van der Waals surface area contributed by atoms with Gasteiger partial charge in [-0.25, -0.2) is 0 Å². The van der Waals surface area contributed by atoms with Gasteiger partial charge in [-0.05, 0) is 32.2 Å². The van der Waals surface area contributed by atoms with Crippen LogP contribution in [0, 0.1) is 0 Å². The molecule has 1 saturated heterocycles. The molecule has 0 bridgehead atoms. The van der Waals surface area contributed by atoms with Crippen LogP contribution in [0.3, 0.4) is 0 Å². The molecule has 7 heteroatoms. The van der Waals surface area contributed by atoms with Gasteiger partial charge in [0.1, 0.15) is 6.54 Å². The standard InChI is InChI=1S/C15H23N5O2/c21-14(18-11-4-1-2-5-11)10-20-9-12(8-17-20)19-15(22)13-6-3-7-16-13/h8-9,11,13,16H,1-7,10H2,(H,18,21)(H,19,22). The maximum atomic E-state index is 12.0. The number of aromatic nitrogens is 2. The largest absolute Gasteiger partial charge is 0.352 e. The van der Waals surface area contributed by atoms with Crippen LogP contribution in [0.15, 0.2) is 12.4 Å². The van der Waals surface area contributed by atoms with E-state index < -0.39 is 0 Å². The molecule has 0 radical (unpaired) electrons. The van der Waals surface area contributed by atoms with Crippen molar-refractivity contribution in [3.63, 3.8) is 0 Å². The summed E-state index contributed by atoms with van der Waals surface area (Å²) in [5, 5.41) is 13.1. The molecule has 3 N–H and O–H groups in total. The molecular weight excluding hydrogens is 282 g/mol. The van der Waals surface area contributed by atoms with E-state index in [2.05, 4.69) is 21.0 Å². The van der Waals surface area contributed by atoms with Crippen LogP contribution in [0.4, 0.5) is 5.69 Å². The molecule has 0 aromatic carbocycles. The molecule has 0 spiro atoms. The summed E-state index contributed by atoms with van der Waals surface area (Å²) in [5.74, 6) is -0.0576. The summed E-state index contributed by atoms with van der Waals surface area (Å²) in [6.07, 6.45) is 9.69. The van der Waals surface area contributed by atoms with Crippen molar-refractivity contribution < 1.29 is 9.59 Å². The monoisotopic (exact) mass is 305 g/mol. The first-order valence-electron chi connectivity index (χ1n) is 8.07. The molecule has 1 saturated carbocycles. The van der Waals surface area contributed by atoms with Crippen LogP contribution in [0.5, 0.6) is 0 Å². The van der Waals surface area contributed by atoms with E-state index in [4.69, 9.17) is 0 Å². The summed E-state index contributed by atoms with van der Waals surface area (Å²) in [7, 11) is 0. The number of nitrogens with zero attached hydrogens (tertiary/aromatic N) is 2. The number of carbonyl (C=O) groups is 2. The van der Waals surface area contributed by atoms with Crippen LogP contribution in [0.2, 0.25) is 0 Å². The molecule has 2 heterocycles. The lowest BCUT2D eigenvalue weighted by Gasteiger charge is -2.11. The fraction of sp³-hybridized carbons (Fsp3) is 0.667. The van der Waals surface area contributed by atoms with E-state index in [9.17, 15) is 9.59 Å². The normalized spacial score (nSPS) is 21.9. The Morgan fingerprint density at radius 2 is 2.09 bits per heavy atom. The number of hydrogen-bond donors (Lipinski definition) is 3. The lowest BCUT2D eigenvalue weighted by atomic mass is 10.2. The Kier molecular flexibility index (Phi) is 4.72. The zero-order valence-corrected chi connectivity index (χ0v) is 12.7. The predicted molar refractivity (Wildman–Crippen MR) is 82.3 cm³/mol. The van der Waals surface area contributed by atoms with Crippen molar-refractivity contribution in [1.82, 2.24) is 20.4 Å². The van der Waals surface area contributed by atoms with Crippen molar-refractivity contribution in [1.29, 1.82) is 0 Å². The molecule has 2 amide bonds. The van der Waals surface area contributed by atoms with Gasteiger partial charge in [-0.3, -0.25) is 14.3 Å². The number of rotatable bonds is 5. The van der Waals surface area contributed by atoms with Crippen molar-refractivity contribution in [2.45, 2.75) is 57.2 Å². The topological polar surface area (TPSA) is 88.1 Å². The number of hydrogen-bond acceptors (Lipinski definition) is 4. The van der Waals surface area contributed by atoms with Gasteiger partial charge in [0.15, 0.2) is 0 Å². The zero-order chi connectivity index (χ0) is 15.4. The molecule has 3 rings (SSSR count). The molecule has 1 unspecified atom stereocenters. The molecule has 1 aromatic rings. The van der Waals surface area contributed by atoms with Gasteiger partial charge in [0, 0.05) is 12.2 Å². The summed E-state index contributed by atoms with van der Waals surface area (Å²) in [5.41, 5.74) is 0.632. The fourth-order valence-corrected chi connectivity index (χ4v) is 3.14. The number of carbonyl (C=O) groups excluding carboxylic acids is 2. The second kappa shape index (κ2) is 6.91. The van der Waals surface area contributed by atoms with Gasteiger partial charge in [0.25, 0.3) is 0 Å². The summed E-state index contributed by atoms with van der Waals surface area (Å²) >= 11 is 0. The third-order valence-electron chi connectivity index (χ3n) is 4.30. The van der Waals surface area contributed by atoms with Crippen LogP contribution in [-0.4, -0.2) is 40.2 Å². The summed E-state index contributed by atoms with van der Waals surface area (Å²) in [6.45, 7) is 1.08. The van der Waals surface area contributed by atoms with Gasteiger partial charge in [0.05, 0.1) is 17.9 Å². The highest BCUT2D eigenvalue weighted by Gasteiger charge is 2.22. The van der Waals surface area contributed by atoms with Crippen LogP contribution in [-0.2, 0) is 16.1 Å². The first-order chi connectivity index (χ1) is 10.7. The molecule has 22 heavy (non-hydrogen) atoms. The Hall–Kier alpha value is -1.89. The second-order valence-electron chi connectivity index (χ2n) is 6.11. The quantitative estimate of drug-likeness (QED) is 0.744. The van der Waals surface area contributed by atoms with Crippen molar-refractivity contribution in [2.24, 2.45) is 0 Å². The van der Waals surface area contributed by atoms with Crippen LogP contribution < -0.4 is 16.0 Å². The zero-order valence-electron chi connectivity index (χ0n) is 12.7. The Labute approximate surface area is 129 Å². The summed E-state index contributed by atoms with van der Waals surface area (Å²) in [4.78, 5) is 23.9. The summed E-state index contributed by atoms with van der Waals surface area (Å²) in [6, 6.07) is 0.199. The minimum Gasteiger partial charge on any atom is -0.352 e. The highest BCUT2D eigenvalue weighted by molar-refractivity contribution is 5.94. The molecule has 1 aliphatic heterocycles. The van der Waals surface area contributed by atoms with Crippen LogP contribution in [0.25, 0.3) is 0 Å². The fourth-order valence-electron chi connectivity index (χ4n) is 3.14. The van der Waals surface area contributed by atoms with E-state index in [0.717, 1.165) is 32.2 Å². The lowest BCUT2D eigenvalue weighted by Crippen LogP contribution is -2.35.